The zero-order valence-electron chi connectivity index (χ0n) is 18.2. The van der Waals surface area contributed by atoms with E-state index in [4.69, 9.17) is 10.2 Å². The molecule has 0 saturated heterocycles. The minimum atomic E-state index is -0.157. The number of hydrogen-bond acceptors (Lipinski definition) is 8. The molecule has 0 radical (unpaired) electrons. The van der Waals surface area contributed by atoms with Crippen LogP contribution < -0.4 is 21.3 Å². The lowest BCUT2D eigenvalue weighted by molar-refractivity contribution is 0.0980. The van der Waals surface area contributed by atoms with Gasteiger partial charge >= 0.3 is 0 Å². The van der Waals surface area contributed by atoms with Gasteiger partial charge in [0.05, 0.1) is 11.1 Å². The van der Waals surface area contributed by atoms with E-state index in [2.05, 4.69) is 21.3 Å². The summed E-state index contributed by atoms with van der Waals surface area (Å²) in [5, 5.41) is 30.7. The number of ketones is 2. The van der Waals surface area contributed by atoms with Gasteiger partial charge in [0.1, 0.15) is 0 Å². The predicted octanol–water partition coefficient (Wildman–Crippen LogP) is 1.23. The second kappa shape index (κ2) is 12.3. The zero-order valence-corrected chi connectivity index (χ0v) is 18.2. The van der Waals surface area contributed by atoms with Crippen molar-refractivity contribution in [2.45, 2.75) is 12.8 Å². The Hall–Kier alpha value is -2.78. The first-order valence-electron chi connectivity index (χ1n) is 11.2. The summed E-state index contributed by atoms with van der Waals surface area (Å²) in [4.78, 5) is 26.7. The van der Waals surface area contributed by atoms with E-state index >= 15 is 0 Å². The Morgan fingerprint density at radius 3 is 1.44 bits per heavy atom. The van der Waals surface area contributed by atoms with Gasteiger partial charge in [0, 0.05) is 61.9 Å². The van der Waals surface area contributed by atoms with Gasteiger partial charge in [-0.2, -0.15) is 0 Å². The number of rotatable bonds is 14. The number of fused-ring (bicyclic) bond motifs is 2. The van der Waals surface area contributed by atoms with E-state index in [0.717, 1.165) is 13.1 Å². The van der Waals surface area contributed by atoms with Gasteiger partial charge in [0.2, 0.25) is 0 Å². The van der Waals surface area contributed by atoms with Crippen LogP contribution in [-0.4, -0.2) is 74.3 Å². The molecule has 0 unspecified atom stereocenters. The van der Waals surface area contributed by atoms with E-state index in [1.54, 1.807) is 24.3 Å². The van der Waals surface area contributed by atoms with Gasteiger partial charge in [-0.25, -0.2) is 0 Å². The second-order valence-electron chi connectivity index (χ2n) is 7.62. The fourth-order valence-corrected chi connectivity index (χ4v) is 3.75. The molecule has 8 nitrogen and oxygen atoms in total. The summed E-state index contributed by atoms with van der Waals surface area (Å²) < 4.78 is 0. The lowest BCUT2D eigenvalue weighted by Gasteiger charge is -2.24. The van der Waals surface area contributed by atoms with Crippen molar-refractivity contribution < 1.29 is 19.8 Å². The van der Waals surface area contributed by atoms with Crippen LogP contribution in [0, 0.1) is 0 Å². The highest BCUT2D eigenvalue weighted by atomic mass is 16.3. The first-order chi connectivity index (χ1) is 15.7. The molecule has 0 aromatic heterocycles. The third kappa shape index (κ3) is 5.72. The first-order valence-corrected chi connectivity index (χ1v) is 11.2. The van der Waals surface area contributed by atoms with Crippen molar-refractivity contribution in [1.29, 1.82) is 0 Å². The Bertz CT molecular complexity index is 858. The molecule has 3 rings (SSSR count). The zero-order chi connectivity index (χ0) is 22.8. The van der Waals surface area contributed by atoms with Crippen LogP contribution in [0.1, 0.15) is 44.7 Å². The van der Waals surface area contributed by atoms with Crippen LogP contribution in [0.15, 0.2) is 36.4 Å². The smallest absolute Gasteiger partial charge is 0.196 e. The van der Waals surface area contributed by atoms with Crippen LogP contribution in [-0.2, 0) is 0 Å². The average molecular weight is 441 g/mol. The molecule has 0 atom stereocenters. The fourth-order valence-electron chi connectivity index (χ4n) is 3.75. The van der Waals surface area contributed by atoms with Gasteiger partial charge in [0.15, 0.2) is 11.6 Å². The largest absolute Gasteiger partial charge is 0.396 e. The number of carbonyl (C=O) groups excluding carboxylic acids is 2. The summed E-state index contributed by atoms with van der Waals surface area (Å²) in [6.07, 6.45) is 1.38. The maximum atomic E-state index is 13.3. The Morgan fingerprint density at radius 1 is 0.594 bits per heavy atom. The minimum absolute atomic E-state index is 0.148. The van der Waals surface area contributed by atoms with Gasteiger partial charge in [-0.15, -0.1) is 0 Å². The lowest BCUT2D eigenvalue weighted by atomic mass is 9.82. The van der Waals surface area contributed by atoms with Gasteiger partial charge in [-0.1, -0.05) is 24.3 Å². The molecule has 0 heterocycles. The number of aliphatic hydroxyl groups is 2. The highest BCUT2D eigenvalue weighted by Crippen LogP contribution is 2.36. The molecule has 0 aliphatic heterocycles. The van der Waals surface area contributed by atoms with Crippen molar-refractivity contribution >= 4 is 22.9 Å². The Balaban J connectivity index is 1.79. The highest BCUT2D eigenvalue weighted by Gasteiger charge is 2.33. The van der Waals surface area contributed by atoms with Crippen molar-refractivity contribution in [1.82, 2.24) is 10.6 Å². The third-order valence-electron chi connectivity index (χ3n) is 5.33. The Labute approximate surface area is 188 Å². The topological polar surface area (TPSA) is 123 Å². The van der Waals surface area contributed by atoms with Crippen molar-refractivity contribution in [2.24, 2.45) is 0 Å². The molecule has 32 heavy (non-hydrogen) atoms. The van der Waals surface area contributed by atoms with E-state index < -0.39 is 0 Å². The molecular weight excluding hydrogens is 408 g/mol. The predicted molar refractivity (Wildman–Crippen MR) is 126 cm³/mol. The molecule has 6 N–H and O–H groups in total. The summed E-state index contributed by atoms with van der Waals surface area (Å²) in [5.74, 6) is -0.314. The number of hydrogen-bond donors (Lipinski definition) is 6. The molecule has 0 bridgehead atoms. The van der Waals surface area contributed by atoms with Crippen molar-refractivity contribution in [3.63, 3.8) is 0 Å². The lowest BCUT2D eigenvalue weighted by Crippen LogP contribution is -2.28. The van der Waals surface area contributed by atoms with E-state index in [0.29, 0.717) is 72.6 Å². The van der Waals surface area contributed by atoms with Crippen LogP contribution in [0.25, 0.3) is 0 Å². The summed E-state index contributed by atoms with van der Waals surface area (Å²) in [6, 6.07) is 10.6. The van der Waals surface area contributed by atoms with Crippen LogP contribution >= 0.6 is 0 Å². The molecule has 0 saturated carbocycles. The van der Waals surface area contributed by atoms with Gasteiger partial charge < -0.3 is 31.5 Å². The van der Waals surface area contributed by atoms with E-state index in [1.807, 2.05) is 12.1 Å². The standard InChI is InChI=1S/C24H32N4O4/c29-15-3-9-25-11-13-27-19-7-8-20(28-14-12-26-10-4-16-30)22-21(19)23(31)17-5-1-2-6-18(17)24(22)32/h1-2,5-8,25-30H,3-4,9-16H2. The van der Waals surface area contributed by atoms with Gasteiger partial charge in [-0.3, -0.25) is 9.59 Å². The van der Waals surface area contributed by atoms with Gasteiger partial charge in [0.25, 0.3) is 0 Å². The van der Waals surface area contributed by atoms with E-state index in [9.17, 15) is 9.59 Å². The molecule has 0 fully saturated rings. The Kier molecular flexibility index (Phi) is 9.18. The molecule has 0 amide bonds. The monoisotopic (exact) mass is 440 g/mol. The maximum Gasteiger partial charge on any atom is 0.196 e. The van der Waals surface area contributed by atoms with Gasteiger partial charge in [-0.05, 0) is 38.1 Å². The molecule has 8 heteroatoms. The minimum Gasteiger partial charge on any atom is -0.396 e. The number of aliphatic hydroxyl groups excluding tert-OH is 2. The van der Waals surface area contributed by atoms with Crippen molar-refractivity contribution in [3.8, 4) is 0 Å². The number of carbonyl (C=O) groups is 2. The number of benzene rings is 2. The summed E-state index contributed by atoms with van der Waals surface area (Å²) >= 11 is 0. The Morgan fingerprint density at radius 2 is 1.03 bits per heavy atom. The summed E-state index contributed by atoms with van der Waals surface area (Å²) in [5.41, 5.74) is 2.95. The fraction of sp³-hybridized carbons (Fsp3) is 0.417. The number of anilines is 2. The molecular formula is C24H32N4O4. The molecule has 172 valence electrons. The molecule has 1 aliphatic rings. The summed E-state index contributed by atoms with van der Waals surface area (Å²) in [6.45, 7) is 4.25. The normalized spacial score (nSPS) is 12.4. The highest BCUT2D eigenvalue weighted by molar-refractivity contribution is 6.31. The van der Waals surface area contributed by atoms with Crippen LogP contribution in [0.4, 0.5) is 11.4 Å². The molecule has 0 spiro atoms. The maximum absolute atomic E-state index is 13.3. The second-order valence-corrected chi connectivity index (χ2v) is 7.62. The molecule has 2 aromatic rings. The van der Waals surface area contributed by atoms with Crippen LogP contribution in [0.2, 0.25) is 0 Å². The third-order valence-corrected chi connectivity index (χ3v) is 5.33. The van der Waals surface area contributed by atoms with Crippen molar-refractivity contribution in [3.05, 3.63) is 58.7 Å². The van der Waals surface area contributed by atoms with Crippen LogP contribution in [0.5, 0.6) is 0 Å². The first kappa shape index (κ1) is 23.9. The average Bonchev–Trinajstić information content (AvgIpc) is 2.82. The SMILES string of the molecule is O=C1c2ccccc2C(=O)c2c(NCCNCCCO)ccc(NCCNCCCO)c21. The van der Waals surface area contributed by atoms with E-state index in [1.165, 1.54) is 0 Å². The quantitative estimate of drug-likeness (QED) is 0.207. The summed E-state index contributed by atoms with van der Waals surface area (Å²) in [7, 11) is 0. The van der Waals surface area contributed by atoms with E-state index in [-0.39, 0.29) is 24.8 Å². The van der Waals surface area contributed by atoms with Crippen LogP contribution in [0.3, 0.4) is 0 Å². The molecule has 2 aromatic carbocycles. The molecule has 1 aliphatic carbocycles. The number of nitrogens with one attached hydrogen (secondary N) is 4. The van der Waals surface area contributed by atoms with Crippen molar-refractivity contribution in [2.75, 3.05) is 63.1 Å².